The average Bonchev–Trinajstić information content (AvgIpc) is 2.37. The Morgan fingerprint density at radius 2 is 2.00 bits per heavy atom. The van der Waals surface area contributed by atoms with Gasteiger partial charge in [-0.05, 0) is 25.5 Å². The first-order valence-electron chi connectivity index (χ1n) is 5.98. The van der Waals surface area contributed by atoms with E-state index in [2.05, 4.69) is 35.2 Å². The molecule has 1 heterocycles. The van der Waals surface area contributed by atoms with Gasteiger partial charge >= 0.3 is 0 Å². The lowest BCUT2D eigenvalue weighted by Gasteiger charge is -2.08. The van der Waals surface area contributed by atoms with Crippen molar-refractivity contribution < 1.29 is 0 Å². The maximum atomic E-state index is 4.57. The van der Waals surface area contributed by atoms with Gasteiger partial charge in [0.25, 0.3) is 0 Å². The standard InChI is InChI=1S/C13H17N3S/c1-3-9-17-13-15-11-8-6-5-7-10(11)12(16-13)14-4-2/h5-8H,3-4,9H2,1-2H3,(H,14,15,16). The largest absolute Gasteiger partial charge is 0.370 e. The van der Waals surface area contributed by atoms with Gasteiger partial charge in [-0.25, -0.2) is 9.97 Å². The molecule has 0 saturated heterocycles. The van der Waals surface area contributed by atoms with Gasteiger partial charge in [-0.3, -0.25) is 0 Å². The van der Waals surface area contributed by atoms with E-state index in [4.69, 9.17) is 0 Å². The van der Waals surface area contributed by atoms with E-state index < -0.39 is 0 Å². The van der Waals surface area contributed by atoms with Crippen molar-refractivity contribution in [1.29, 1.82) is 0 Å². The van der Waals surface area contributed by atoms with Crippen LogP contribution in [-0.2, 0) is 0 Å². The Hall–Kier alpha value is -1.29. The number of nitrogens with one attached hydrogen (secondary N) is 1. The second-order valence-corrected chi connectivity index (χ2v) is 4.81. The number of rotatable bonds is 5. The van der Waals surface area contributed by atoms with Crippen molar-refractivity contribution >= 4 is 28.5 Å². The minimum atomic E-state index is 0.863. The first-order chi connectivity index (χ1) is 8.35. The number of anilines is 1. The molecule has 0 aliphatic heterocycles. The molecule has 3 nitrogen and oxygen atoms in total. The summed E-state index contributed by atoms with van der Waals surface area (Å²) in [5, 5.41) is 5.26. The van der Waals surface area contributed by atoms with Crippen LogP contribution in [0.4, 0.5) is 5.82 Å². The Balaban J connectivity index is 2.43. The van der Waals surface area contributed by atoms with Crippen LogP contribution in [0, 0.1) is 0 Å². The van der Waals surface area contributed by atoms with Gasteiger partial charge in [-0.15, -0.1) is 0 Å². The molecule has 0 radical (unpaired) electrons. The number of aromatic nitrogens is 2. The molecule has 1 N–H and O–H groups in total. The average molecular weight is 247 g/mol. The molecule has 0 aliphatic carbocycles. The van der Waals surface area contributed by atoms with Crippen LogP contribution in [0.2, 0.25) is 0 Å². The van der Waals surface area contributed by atoms with Crippen molar-refractivity contribution in [2.75, 3.05) is 17.6 Å². The van der Waals surface area contributed by atoms with E-state index >= 15 is 0 Å². The lowest BCUT2D eigenvalue weighted by atomic mass is 10.2. The lowest BCUT2D eigenvalue weighted by Crippen LogP contribution is -2.02. The molecular formula is C13H17N3S. The highest BCUT2D eigenvalue weighted by molar-refractivity contribution is 7.99. The van der Waals surface area contributed by atoms with Crippen LogP contribution >= 0.6 is 11.8 Å². The van der Waals surface area contributed by atoms with Crippen LogP contribution in [0.25, 0.3) is 10.9 Å². The minimum absolute atomic E-state index is 0.863. The zero-order valence-electron chi connectivity index (χ0n) is 10.2. The summed E-state index contributed by atoms with van der Waals surface area (Å²) in [5.74, 6) is 2.00. The number of hydrogen-bond acceptors (Lipinski definition) is 4. The van der Waals surface area contributed by atoms with Gasteiger partial charge in [0.1, 0.15) is 5.82 Å². The zero-order valence-corrected chi connectivity index (χ0v) is 11.0. The zero-order chi connectivity index (χ0) is 12.1. The molecule has 4 heteroatoms. The number of benzene rings is 1. The summed E-state index contributed by atoms with van der Waals surface area (Å²) >= 11 is 1.71. The fraction of sp³-hybridized carbons (Fsp3) is 0.385. The molecule has 1 aromatic heterocycles. The highest BCUT2D eigenvalue weighted by atomic mass is 32.2. The third kappa shape index (κ3) is 2.88. The number of fused-ring (bicyclic) bond motifs is 1. The number of para-hydroxylation sites is 1. The minimum Gasteiger partial charge on any atom is -0.370 e. The summed E-state index contributed by atoms with van der Waals surface area (Å²) in [4.78, 5) is 9.14. The van der Waals surface area contributed by atoms with Crippen molar-refractivity contribution in [2.45, 2.75) is 25.4 Å². The van der Waals surface area contributed by atoms with Gasteiger partial charge in [-0.1, -0.05) is 30.8 Å². The molecule has 0 aliphatic rings. The predicted molar refractivity (Wildman–Crippen MR) is 74.7 cm³/mol. The topological polar surface area (TPSA) is 37.8 Å². The van der Waals surface area contributed by atoms with Crippen molar-refractivity contribution in [2.24, 2.45) is 0 Å². The molecule has 0 atom stereocenters. The number of nitrogens with zero attached hydrogens (tertiary/aromatic N) is 2. The van der Waals surface area contributed by atoms with Gasteiger partial charge in [0.15, 0.2) is 5.16 Å². The normalized spacial score (nSPS) is 10.7. The van der Waals surface area contributed by atoms with Crippen molar-refractivity contribution in [3.8, 4) is 0 Å². The van der Waals surface area contributed by atoms with E-state index in [1.54, 1.807) is 11.8 Å². The van der Waals surface area contributed by atoms with Crippen LogP contribution in [-0.4, -0.2) is 22.3 Å². The Morgan fingerprint density at radius 3 is 2.76 bits per heavy atom. The van der Waals surface area contributed by atoms with Crippen LogP contribution in [0.1, 0.15) is 20.3 Å². The molecule has 0 fully saturated rings. The third-order valence-corrected chi connectivity index (χ3v) is 3.42. The third-order valence-electron chi connectivity index (χ3n) is 2.36. The molecule has 2 rings (SSSR count). The molecule has 0 spiro atoms. The molecule has 0 amide bonds. The molecule has 2 aromatic rings. The fourth-order valence-corrected chi connectivity index (χ4v) is 2.32. The van der Waals surface area contributed by atoms with E-state index in [-0.39, 0.29) is 0 Å². The number of hydrogen-bond donors (Lipinski definition) is 1. The number of thioether (sulfide) groups is 1. The summed E-state index contributed by atoms with van der Waals surface area (Å²) in [6.07, 6.45) is 1.14. The van der Waals surface area contributed by atoms with Crippen molar-refractivity contribution in [1.82, 2.24) is 9.97 Å². The quantitative estimate of drug-likeness (QED) is 0.647. The monoisotopic (exact) mass is 247 g/mol. The van der Waals surface area contributed by atoms with E-state index in [0.29, 0.717) is 0 Å². The summed E-state index contributed by atoms with van der Waals surface area (Å²) in [5.41, 5.74) is 1.01. The molecular weight excluding hydrogens is 230 g/mol. The molecule has 17 heavy (non-hydrogen) atoms. The summed E-state index contributed by atoms with van der Waals surface area (Å²) in [7, 11) is 0. The highest BCUT2D eigenvalue weighted by Crippen LogP contribution is 2.24. The van der Waals surface area contributed by atoms with Crippen LogP contribution in [0.5, 0.6) is 0 Å². The van der Waals surface area contributed by atoms with E-state index in [1.165, 1.54) is 0 Å². The second-order valence-electron chi connectivity index (χ2n) is 3.75. The maximum absolute atomic E-state index is 4.57. The molecule has 0 saturated carbocycles. The Bertz CT molecular complexity index is 499. The Morgan fingerprint density at radius 1 is 1.18 bits per heavy atom. The van der Waals surface area contributed by atoms with Crippen molar-refractivity contribution in [3.63, 3.8) is 0 Å². The Labute approximate surface area is 106 Å². The van der Waals surface area contributed by atoms with Gasteiger partial charge in [0.05, 0.1) is 5.52 Å². The fourth-order valence-electron chi connectivity index (χ4n) is 1.62. The smallest absolute Gasteiger partial charge is 0.190 e. The van der Waals surface area contributed by atoms with Crippen molar-refractivity contribution in [3.05, 3.63) is 24.3 Å². The molecule has 90 valence electrons. The molecule has 0 bridgehead atoms. The second kappa shape index (κ2) is 5.87. The van der Waals surface area contributed by atoms with Gasteiger partial charge in [-0.2, -0.15) is 0 Å². The van der Waals surface area contributed by atoms with E-state index in [9.17, 15) is 0 Å². The molecule has 0 unspecified atom stereocenters. The summed E-state index contributed by atoms with van der Waals surface area (Å²) in [6, 6.07) is 8.13. The van der Waals surface area contributed by atoms with E-state index in [0.717, 1.165) is 40.6 Å². The Kier molecular flexibility index (Phi) is 4.20. The van der Waals surface area contributed by atoms with Crippen LogP contribution in [0.15, 0.2) is 29.4 Å². The van der Waals surface area contributed by atoms with Gasteiger partial charge < -0.3 is 5.32 Å². The van der Waals surface area contributed by atoms with Crippen LogP contribution < -0.4 is 5.32 Å². The SMILES string of the molecule is CCCSc1nc(NCC)c2ccccc2n1. The van der Waals surface area contributed by atoms with Gasteiger partial charge in [0, 0.05) is 17.7 Å². The van der Waals surface area contributed by atoms with E-state index in [1.807, 2.05) is 18.2 Å². The van der Waals surface area contributed by atoms with Gasteiger partial charge in [0.2, 0.25) is 0 Å². The lowest BCUT2D eigenvalue weighted by molar-refractivity contribution is 0.985. The first-order valence-corrected chi connectivity index (χ1v) is 6.97. The summed E-state index contributed by atoms with van der Waals surface area (Å²) in [6.45, 7) is 5.12. The highest BCUT2D eigenvalue weighted by Gasteiger charge is 2.06. The maximum Gasteiger partial charge on any atom is 0.190 e. The summed E-state index contributed by atoms with van der Waals surface area (Å²) < 4.78 is 0. The predicted octanol–water partition coefficient (Wildman–Crippen LogP) is 3.56. The molecule has 1 aromatic carbocycles. The van der Waals surface area contributed by atoms with Crippen LogP contribution in [0.3, 0.4) is 0 Å². The first kappa shape index (κ1) is 12.2.